The van der Waals surface area contributed by atoms with Gasteiger partial charge < -0.3 is 4.74 Å². The summed E-state index contributed by atoms with van der Waals surface area (Å²) in [6.07, 6.45) is 3.65. The Morgan fingerprint density at radius 2 is 2.00 bits per heavy atom. The van der Waals surface area contributed by atoms with E-state index in [0.717, 1.165) is 0 Å². The van der Waals surface area contributed by atoms with Gasteiger partial charge in [0.25, 0.3) is 0 Å². The molecular formula is C16H17FN2OS. The van der Waals surface area contributed by atoms with Crippen LogP contribution < -0.4 is 4.74 Å². The molecule has 1 aromatic heterocycles. The lowest BCUT2D eigenvalue weighted by Crippen LogP contribution is -2.06. The summed E-state index contributed by atoms with van der Waals surface area (Å²) >= 11 is 1.43. The molecule has 110 valence electrons. The number of aromatic nitrogens is 1. The smallest absolute Gasteiger partial charge is 0.148 e. The summed E-state index contributed by atoms with van der Waals surface area (Å²) in [6, 6.07) is 10.1. The van der Waals surface area contributed by atoms with Crippen LogP contribution in [-0.2, 0) is 0 Å². The van der Waals surface area contributed by atoms with E-state index in [0.29, 0.717) is 22.2 Å². The number of pyridine rings is 1. The average molecular weight is 304 g/mol. The molecule has 0 saturated carbocycles. The highest BCUT2D eigenvalue weighted by Crippen LogP contribution is 2.21. The number of rotatable bonds is 4. The van der Waals surface area contributed by atoms with E-state index >= 15 is 0 Å². The van der Waals surface area contributed by atoms with E-state index in [1.54, 1.807) is 24.4 Å². The topological polar surface area (TPSA) is 34.5 Å². The van der Waals surface area contributed by atoms with E-state index in [9.17, 15) is 4.39 Å². The van der Waals surface area contributed by atoms with E-state index in [-0.39, 0.29) is 11.9 Å². The quantitative estimate of drug-likeness (QED) is 0.618. The molecular weight excluding hydrogens is 287 g/mol. The monoisotopic (exact) mass is 304 g/mol. The molecule has 0 N–H and O–H groups in total. The molecule has 5 heteroatoms. The Bertz CT molecular complexity index is 626. The fourth-order valence-electron chi connectivity index (χ4n) is 1.71. The van der Waals surface area contributed by atoms with E-state index in [4.69, 9.17) is 4.74 Å². The first-order chi connectivity index (χ1) is 10.1. The highest BCUT2D eigenvalue weighted by molar-refractivity contribution is 8.13. The van der Waals surface area contributed by atoms with Crippen LogP contribution in [0.2, 0.25) is 0 Å². The van der Waals surface area contributed by atoms with Gasteiger partial charge in [-0.1, -0.05) is 12.1 Å². The van der Waals surface area contributed by atoms with Crippen LogP contribution in [0.25, 0.3) is 0 Å². The zero-order valence-corrected chi connectivity index (χ0v) is 13.0. The fraction of sp³-hybridized carbons (Fsp3) is 0.250. The summed E-state index contributed by atoms with van der Waals surface area (Å²) in [6.45, 7) is 3.92. The van der Waals surface area contributed by atoms with Gasteiger partial charge in [0, 0.05) is 0 Å². The van der Waals surface area contributed by atoms with Crippen molar-refractivity contribution in [1.82, 2.24) is 4.98 Å². The normalized spacial score (nSPS) is 11.8. The Morgan fingerprint density at radius 1 is 1.24 bits per heavy atom. The third-order valence-corrected chi connectivity index (χ3v) is 3.28. The zero-order valence-electron chi connectivity index (χ0n) is 12.2. The molecule has 0 aliphatic heterocycles. The van der Waals surface area contributed by atoms with Gasteiger partial charge in [-0.3, -0.25) is 4.98 Å². The largest absolute Gasteiger partial charge is 0.489 e. The second kappa shape index (κ2) is 7.22. The van der Waals surface area contributed by atoms with Crippen molar-refractivity contribution in [2.75, 3.05) is 6.26 Å². The number of benzene rings is 1. The van der Waals surface area contributed by atoms with Gasteiger partial charge in [0.2, 0.25) is 0 Å². The number of hydrogen-bond acceptors (Lipinski definition) is 4. The first-order valence-electron chi connectivity index (χ1n) is 6.60. The summed E-state index contributed by atoms with van der Waals surface area (Å²) in [5.74, 6) is 0.365. The second-order valence-corrected chi connectivity index (χ2v) is 5.41. The Hall–Kier alpha value is -1.88. The van der Waals surface area contributed by atoms with Gasteiger partial charge in [-0.15, -0.1) is 11.8 Å². The van der Waals surface area contributed by atoms with Crippen LogP contribution in [-0.4, -0.2) is 22.4 Å². The summed E-state index contributed by atoms with van der Waals surface area (Å²) in [5.41, 5.74) is 1.01. The molecule has 1 aromatic carbocycles. The van der Waals surface area contributed by atoms with E-state index in [1.165, 1.54) is 17.8 Å². The molecule has 0 bridgehead atoms. The maximum Gasteiger partial charge on any atom is 0.148 e. The molecule has 0 spiro atoms. The minimum atomic E-state index is -0.344. The first-order valence-corrected chi connectivity index (χ1v) is 7.83. The summed E-state index contributed by atoms with van der Waals surface area (Å²) in [4.78, 5) is 8.67. The molecule has 0 unspecified atom stereocenters. The van der Waals surface area contributed by atoms with Gasteiger partial charge in [-0.2, -0.15) is 0 Å². The van der Waals surface area contributed by atoms with Crippen LogP contribution in [0.5, 0.6) is 5.75 Å². The van der Waals surface area contributed by atoms with Crippen molar-refractivity contribution < 1.29 is 9.13 Å². The molecule has 0 radical (unpaired) electrons. The molecule has 0 aliphatic rings. The third-order valence-electron chi connectivity index (χ3n) is 2.60. The highest BCUT2D eigenvalue weighted by Gasteiger charge is 2.07. The summed E-state index contributed by atoms with van der Waals surface area (Å²) in [5, 5.41) is 0.663. The molecule has 0 fully saturated rings. The zero-order chi connectivity index (χ0) is 15.2. The molecule has 2 rings (SSSR count). The molecule has 1 heterocycles. The molecule has 3 nitrogen and oxygen atoms in total. The predicted octanol–water partition coefficient (Wildman–Crippen LogP) is 4.45. The minimum Gasteiger partial charge on any atom is -0.489 e. The van der Waals surface area contributed by atoms with Crippen LogP contribution in [0.15, 0.2) is 47.6 Å². The minimum absolute atomic E-state index is 0.102. The third kappa shape index (κ3) is 4.29. The fourth-order valence-corrected chi connectivity index (χ4v) is 2.23. The maximum absolute atomic E-state index is 13.7. The predicted molar refractivity (Wildman–Crippen MR) is 86.1 cm³/mol. The lowest BCUT2D eigenvalue weighted by Gasteiger charge is -2.09. The molecule has 2 aromatic rings. The number of halogens is 1. The van der Waals surface area contributed by atoms with Crippen LogP contribution in [0, 0.1) is 5.82 Å². The number of nitrogens with zero attached hydrogens (tertiary/aromatic N) is 2. The molecule has 0 saturated heterocycles. The Morgan fingerprint density at radius 3 is 2.57 bits per heavy atom. The lowest BCUT2D eigenvalue weighted by molar-refractivity contribution is 0.241. The standard InChI is InChI=1S/C16H17FN2OS/c1-11(2)20-12-8-9-15(18-10-12)16(21-3)19-14-7-5-4-6-13(14)17/h4-11H,1-3H3/b19-16-. The Kier molecular flexibility index (Phi) is 5.33. The van der Waals surface area contributed by atoms with E-state index < -0.39 is 0 Å². The number of thioether (sulfide) groups is 1. The van der Waals surface area contributed by atoms with Crippen molar-refractivity contribution >= 4 is 22.5 Å². The van der Waals surface area contributed by atoms with Crippen molar-refractivity contribution in [2.24, 2.45) is 4.99 Å². The first kappa shape index (κ1) is 15.5. The van der Waals surface area contributed by atoms with Crippen molar-refractivity contribution in [3.05, 3.63) is 54.1 Å². The van der Waals surface area contributed by atoms with E-state index in [1.807, 2.05) is 32.2 Å². The molecule has 0 atom stereocenters. The number of para-hydroxylation sites is 1. The van der Waals surface area contributed by atoms with Crippen molar-refractivity contribution in [3.8, 4) is 5.75 Å². The highest BCUT2D eigenvalue weighted by atomic mass is 32.2. The van der Waals surface area contributed by atoms with Gasteiger partial charge in [0.05, 0.1) is 18.0 Å². The molecule has 21 heavy (non-hydrogen) atoms. The van der Waals surface area contributed by atoms with Crippen molar-refractivity contribution in [2.45, 2.75) is 20.0 Å². The van der Waals surface area contributed by atoms with Gasteiger partial charge >= 0.3 is 0 Å². The number of hydrogen-bond donors (Lipinski definition) is 0. The summed E-state index contributed by atoms with van der Waals surface area (Å²) < 4.78 is 19.2. The number of aliphatic imine (C=N–C) groups is 1. The Balaban J connectivity index is 2.27. The van der Waals surface area contributed by atoms with Gasteiger partial charge in [0.15, 0.2) is 0 Å². The van der Waals surface area contributed by atoms with Gasteiger partial charge in [-0.25, -0.2) is 9.38 Å². The summed E-state index contributed by atoms with van der Waals surface area (Å²) in [7, 11) is 0. The van der Waals surface area contributed by atoms with Gasteiger partial charge in [0.1, 0.15) is 22.3 Å². The van der Waals surface area contributed by atoms with Crippen LogP contribution in [0.1, 0.15) is 19.5 Å². The number of ether oxygens (including phenoxy) is 1. The molecule has 0 aliphatic carbocycles. The van der Waals surface area contributed by atoms with Crippen molar-refractivity contribution in [1.29, 1.82) is 0 Å². The van der Waals surface area contributed by atoms with Crippen LogP contribution in [0.4, 0.5) is 10.1 Å². The molecule has 0 amide bonds. The van der Waals surface area contributed by atoms with Crippen LogP contribution >= 0.6 is 11.8 Å². The SMILES string of the molecule is CS/C(=N\c1ccccc1F)c1ccc(OC(C)C)cn1. The lowest BCUT2D eigenvalue weighted by atomic mass is 10.3. The Labute approximate surface area is 128 Å². The van der Waals surface area contributed by atoms with E-state index in [2.05, 4.69) is 9.98 Å². The average Bonchev–Trinajstić information content (AvgIpc) is 2.47. The maximum atomic E-state index is 13.7. The van der Waals surface area contributed by atoms with Gasteiger partial charge in [-0.05, 0) is 44.4 Å². The second-order valence-electron chi connectivity index (χ2n) is 4.62. The van der Waals surface area contributed by atoms with Crippen molar-refractivity contribution in [3.63, 3.8) is 0 Å². The van der Waals surface area contributed by atoms with Crippen LogP contribution in [0.3, 0.4) is 0 Å².